The van der Waals surface area contributed by atoms with Gasteiger partial charge in [-0.05, 0) is 19.8 Å². The van der Waals surface area contributed by atoms with Gasteiger partial charge in [-0.15, -0.1) is 0 Å². The number of unbranched alkanes of at least 4 members (excludes halogenated alkanes) is 1. The molecule has 3 heteroatoms. The first-order chi connectivity index (χ1) is 5.57. The predicted molar refractivity (Wildman–Crippen MR) is 45.9 cm³/mol. The number of rotatable bonds is 5. The first kappa shape index (κ1) is 10.9. The summed E-state index contributed by atoms with van der Waals surface area (Å²) in [4.78, 5) is 21.1. The maximum absolute atomic E-state index is 10.9. The molecule has 0 aliphatic rings. The van der Waals surface area contributed by atoms with E-state index < -0.39 is 5.97 Å². The Labute approximate surface area is 72.1 Å². The van der Waals surface area contributed by atoms with Gasteiger partial charge in [0.05, 0.1) is 0 Å². The summed E-state index contributed by atoms with van der Waals surface area (Å²) in [6.07, 6.45) is 3.39. The second-order valence-corrected chi connectivity index (χ2v) is 2.67. The van der Waals surface area contributed by atoms with E-state index in [4.69, 9.17) is 5.11 Å². The molecular formula is C9H14O3. The molecule has 1 N–H and O–H groups in total. The average molecular weight is 170 g/mol. The van der Waals surface area contributed by atoms with Crippen molar-refractivity contribution < 1.29 is 14.7 Å². The highest BCUT2D eigenvalue weighted by Crippen LogP contribution is 2.07. The minimum atomic E-state index is -1.05. The smallest absolute Gasteiger partial charge is 0.328 e. The number of carboxylic acids is 1. The molecule has 0 unspecified atom stereocenters. The van der Waals surface area contributed by atoms with Crippen molar-refractivity contribution in [3.8, 4) is 0 Å². The van der Waals surface area contributed by atoms with Crippen molar-refractivity contribution in [2.24, 2.45) is 0 Å². The highest BCUT2D eigenvalue weighted by atomic mass is 16.4. The molecule has 0 rings (SSSR count). The molecule has 0 heterocycles. The van der Waals surface area contributed by atoms with Crippen molar-refractivity contribution in [2.45, 2.75) is 33.1 Å². The molecule has 0 saturated heterocycles. The van der Waals surface area contributed by atoms with Crippen LogP contribution >= 0.6 is 0 Å². The molecular weight excluding hydrogens is 156 g/mol. The second kappa shape index (κ2) is 5.52. The first-order valence-electron chi connectivity index (χ1n) is 4.02. The Balaban J connectivity index is 4.23. The van der Waals surface area contributed by atoms with Crippen LogP contribution in [0.3, 0.4) is 0 Å². The zero-order chi connectivity index (χ0) is 9.56. The fraction of sp³-hybridized carbons (Fsp3) is 0.556. The number of carboxylic acid groups (broad SMARTS) is 1. The lowest BCUT2D eigenvalue weighted by Crippen LogP contribution is -2.00. The lowest BCUT2D eigenvalue weighted by Gasteiger charge is -1.99. The van der Waals surface area contributed by atoms with Crippen LogP contribution in [0.25, 0.3) is 0 Å². The Kier molecular flexibility index (Phi) is 5.00. The molecule has 0 aromatic rings. The van der Waals surface area contributed by atoms with Crippen molar-refractivity contribution in [3.05, 3.63) is 11.6 Å². The van der Waals surface area contributed by atoms with Crippen LogP contribution < -0.4 is 0 Å². The fourth-order valence-electron chi connectivity index (χ4n) is 0.866. The Morgan fingerprint density at radius 2 is 2.00 bits per heavy atom. The molecule has 0 aliphatic carbocycles. The van der Waals surface area contributed by atoms with E-state index in [0.29, 0.717) is 12.0 Å². The number of Topliss-reactive ketones (excluding diaryl/α,β-unsaturated/α-hetero) is 1. The highest BCUT2D eigenvalue weighted by Gasteiger charge is 2.04. The SMILES string of the molecule is CCCC/C(=C\C(=O)O)C(C)=O. The number of ketones is 1. The average Bonchev–Trinajstić information content (AvgIpc) is 1.96. The maximum atomic E-state index is 10.9. The van der Waals surface area contributed by atoms with Crippen LogP contribution in [-0.4, -0.2) is 16.9 Å². The number of carbonyl (C=O) groups excluding carboxylic acids is 1. The van der Waals surface area contributed by atoms with Gasteiger partial charge < -0.3 is 5.11 Å². The Bertz CT molecular complexity index is 204. The Morgan fingerprint density at radius 3 is 2.33 bits per heavy atom. The molecule has 3 nitrogen and oxygen atoms in total. The van der Waals surface area contributed by atoms with Crippen LogP contribution in [0.15, 0.2) is 11.6 Å². The second-order valence-electron chi connectivity index (χ2n) is 2.67. The normalized spacial score (nSPS) is 11.3. The molecule has 0 spiro atoms. The maximum Gasteiger partial charge on any atom is 0.328 e. The van der Waals surface area contributed by atoms with Crippen LogP contribution in [0.4, 0.5) is 0 Å². The van der Waals surface area contributed by atoms with Gasteiger partial charge in [-0.1, -0.05) is 13.3 Å². The molecule has 0 amide bonds. The van der Waals surface area contributed by atoms with Crippen LogP contribution in [0.5, 0.6) is 0 Å². The standard InChI is InChI=1S/C9H14O3/c1-3-4-5-8(7(2)10)6-9(11)12/h6H,3-5H2,1-2H3,(H,11,12)/b8-6+. The van der Waals surface area contributed by atoms with Gasteiger partial charge in [0.1, 0.15) is 0 Å². The number of hydrogen-bond acceptors (Lipinski definition) is 2. The third kappa shape index (κ3) is 4.66. The molecule has 0 radical (unpaired) electrons. The van der Waals surface area contributed by atoms with Crippen molar-refractivity contribution in [3.63, 3.8) is 0 Å². The van der Waals surface area contributed by atoms with Crippen LogP contribution in [-0.2, 0) is 9.59 Å². The van der Waals surface area contributed by atoms with Gasteiger partial charge in [-0.3, -0.25) is 4.79 Å². The van der Waals surface area contributed by atoms with Crippen molar-refractivity contribution in [1.29, 1.82) is 0 Å². The summed E-state index contributed by atoms with van der Waals surface area (Å²) in [5.74, 6) is -1.19. The minimum absolute atomic E-state index is 0.147. The monoisotopic (exact) mass is 170 g/mol. The fourth-order valence-corrected chi connectivity index (χ4v) is 0.866. The Morgan fingerprint density at radius 1 is 1.42 bits per heavy atom. The number of hydrogen-bond donors (Lipinski definition) is 1. The summed E-state index contributed by atoms with van der Waals surface area (Å²) in [6.45, 7) is 3.39. The van der Waals surface area contributed by atoms with E-state index in [0.717, 1.165) is 18.9 Å². The molecule has 0 atom stereocenters. The predicted octanol–water partition coefficient (Wildman–Crippen LogP) is 1.78. The molecule has 0 aromatic heterocycles. The van der Waals surface area contributed by atoms with E-state index in [9.17, 15) is 9.59 Å². The van der Waals surface area contributed by atoms with E-state index in [2.05, 4.69) is 0 Å². The van der Waals surface area contributed by atoms with Crippen LogP contribution in [0.1, 0.15) is 33.1 Å². The lowest BCUT2D eigenvalue weighted by atomic mass is 10.1. The third-order valence-corrected chi connectivity index (χ3v) is 1.55. The summed E-state index contributed by atoms with van der Waals surface area (Å²) < 4.78 is 0. The molecule has 0 aliphatic heterocycles. The van der Waals surface area contributed by atoms with Crippen LogP contribution in [0, 0.1) is 0 Å². The molecule has 0 bridgehead atoms. The van der Waals surface area contributed by atoms with Gasteiger partial charge in [-0.25, -0.2) is 4.79 Å². The molecule has 0 saturated carbocycles. The van der Waals surface area contributed by atoms with Crippen molar-refractivity contribution in [1.82, 2.24) is 0 Å². The summed E-state index contributed by atoms with van der Waals surface area (Å²) in [7, 11) is 0. The van der Waals surface area contributed by atoms with Crippen molar-refractivity contribution in [2.75, 3.05) is 0 Å². The van der Waals surface area contributed by atoms with Gasteiger partial charge in [0.2, 0.25) is 0 Å². The molecule has 0 fully saturated rings. The van der Waals surface area contributed by atoms with Gasteiger partial charge in [0.25, 0.3) is 0 Å². The zero-order valence-electron chi connectivity index (χ0n) is 7.46. The van der Waals surface area contributed by atoms with E-state index in [1.165, 1.54) is 6.92 Å². The van der Waals surface area contributed by atoms with Crippen molar-refractivity contribution >= 4 is 11.8 Å². The first-order valence-corrected chi connectivity index (χ1v) is 4.02. The minimum Gasteiger partial charge on any atom is -0.478 e. The van der Waals surface area contributed by atoms with E-state index in [1.54, 1.807) is 0 Å². The Hall–Kier alpha value is -1.12. The molecule has 68 valence electrons. The van der Waals surface area contributed by atoms with Gasteiger partial charge >= 0.3 is 5.97 Å². The van der Waals surface area contributed by atoms with E-state index in [-0.39, 0.29) is 5.78 Å². The van der Waals surface area contributed by atoms with E-state index >= 15 is 0 Å². The van der Waals surface area contributed by atoms with E-state index in [1.807, 2.05) is 6.92 Å². The van der Waals surface area contributed by atoms with Gasteiger partial charge in [-0.2, -0.15) is 0 Å². The summed E-state index contributed by atoms with van der Waals surface area (Å²) in [5, 5.41) is 8.40. The van der Waals surface area contributed by atoms with Crippen LogP contribution in [0.2, 0.25) is 0 Å². The largest absolute Gasteiger partial charge is 0.478 e. The van der Waals surface area contributed by atoms with Gasteiger partial charge in [0.15, 0.2) is 5.78 Å². The highest BCUT2D eigenvalue weighted by molar-refractivity contribution is 5.98. The zero-order valence-corrected chi connectivity index (χ0v) is 7.46. The number of carbonyl (C=O) groups is 2. The topological polar surface area (TPSA) is 54.4 Å². The lowest BCUT2D eigenvalue weighted by molar-refractivity contribution is -0.131. The molecule has 0 aromatic carbocycles. The van der Waals surface area contributed by atoms with Gasteiger partial charge in [0, 0.05) is 11.6 Å². The molecule has 12 heavy (non-hydrogen) atoms. The third-order valence-electron chi connectivity index (χ3n) is 1.55. The summed E-state index contributed by atoms with van der Waals surface area (Å²) in [6, 6.07) is 0. The summed E-state index contributed by atoms with van der Waals surface area (Å²) in [5.41, 5.74) is 0.407. The quantitative estimate of drug-likeness (QED) is 0.640. The number of aliphatic carboxylic acids is 1. The summed E-state index contributed by atoms with van der Waals surface area (Å²) >= 11 is 0. The number of allylic oxidation sites excluding steroid dienone is 1.